The van der Waals surface area contributed by atoms with Crippen molar-refractivity contribution in [3.8, 4) is 11.5 Å². The van der Waals surface area contributed by atoms with Crippen molar-refractivity contribution in [3.05, 3.63) is 32.7 Å². The molecular formula is C18H19N3O7S. The Balaban J connectivity index is 1.83. The van der Waals surface area contributed by atoms with Gasteiger partial charge >= 0.3 is 0 Å². The molecule has 0 spiro atoms. The number of nitro benzene ring substituents is 1. The van der Waals surface area contributed by atoms with Gasteiger partial charge in [0, 0.05) is 24.7 Å². The summed E-state index contributed by atoms with van der Waals surface area (Å²) in [6.45, 7) is 0.852. The van der Waals surface area contributed by atoms with Gasteiger partial charge in [-0.05, 0) is 37.1 Å². The normalized spacial score (nSPS) is 18.4. The van der Waals surface area contributed by atoms with E-state index in [0.717, 1.165) is 36.3 Å². The number of non-ortho nitro benzene ring substituents is 1. The average Bonchev–Trinajstić information content (AvgIpc) is 2.97. The molecule has 3 amide bonds. The van der Waals surface area contributed by atoms with Crippen LogP contribution in [-0.4, -0.2) is 63.6 Å². The van der Waals surface area contributed by atoms with E-state index in [2.05, 4.69) is 0 Å². The van der Waals surface area contributed by atoms with Gasteiger partial charge < -0.3 is 14.7 Å². The summed E-state index contributed by atoms with van der Waals surface area (Å²) in [5.41, 5.74) is -0.380. The number of thioether (sulfide) groups is 1. The average molecular weight is 421 g/mol. The molecule has 2 fully saturated rings. The summed E-state index contributed by atoms with van der Waals surface area (Å²) < 4.78 is 4.93. The Hall–Kier alpha value is -3.08. The van der Waals surface area contributed by atoms with E-state index in [1.807, 2.05) is 0 Å². The number of aromatic hydroxyl groups is 1. The van der Waals surface area contributed by atoms with Crippen molar-refractivity contribution < 1.29 is 29.2 Å². The van der Waals surface area contributed by atoms with Gasteiger partial charge in [0.05, 0.1) is 23.0 Å². The maximum absolute atomic E-state index is 12.6. The fourth-order valence-electron chi connectivity index (χ4n) is 3.14. The van der Waals surface area contributed by atoms with Gasteiger partial charge in [-0.2, -0.15) is 0 Å². The van der Waals surface area contributed by atoms with E-state index in [1.54, 1.807) is 4.90 Å². The second-order valence-electron chi connectivity index (χ2n) is 6.55. The standard InChI is InChI=1S/C18H19N3O7S/c1-28-13-9-12(21(26)27)7-11(16(13)23)8-14-17(24)20(18(25)29-14)10-15(22)19-5-3-2-4-6-19/h7-9,23H,2-6,10H2,1H3. The van der Waals surface area contributed by atoms with E-state index in [0.29, 0.717) is 24.9 Å². The zero-order valence-electron chi connectivity index (χ0n) is 15.6. The number of methoxy groups -OCH3 is 1. The molecule has 29 heavy (non-hydrogen) atoms. The molecule has 1 N–H and O–H groups in total. The van der Waals surface area contributed by atoms with Crippen LogP contribution in [0.1, 0.15) is 24.8 Å². The number of piperidine rings is 1. The van der Waals surface area contributed by atoms with Gasteiger partial charge in [0.2, 0.25) is 5.91 Å². The summed E-state index contributed by atoms with van der Waals surface area (Å²) in [6, 6.07) is 2.13. The molecule has 2 heterocycles. The molecule has 1 aromatic carbocycles. The maximum Gasteiger partial charge on any atom is 0.294 e. The molecule has 0 radical (unpaired) electrons. The predicted octanol–water partition coefficient (Wildman–Crippen LogP) is 2.36. The highest BCUT2D eigenvalue weighted by Gasteiger charge is 2.37. The SMILES string of the molecule is COc1cc([N+](=O)[O-])cc(C=C2SC(=O)N(CC(=O)N3CCCCC3)C2=O)c1O. The molecule has 1 aromatic rings. The van der Waals surface area contributed by atoms with Crippen LogP contribution in [0.15, 0.2) is 17.0 Å². The van der Waals surface area contributed by atoms with Crippen LogP contribution in [0.25, 0.3) is 6.08 Å². The molecule has 10 nitrogen and oxygen atoms in total. The summed E-state index contributed by atoms with van der Waals surface area (Å²) >= 11 is 0.608. The molecule has 0 aromatic heterocycles. The van der Waals surface area contributed by atoms with Gasteiger partial charge in [0.25, 0.3) is 16.8 Å². The minimum atomic E-state index is -0.685. The topological polar surface area (TPSA) is 130 Å². The van der Waals surface area contributed by atoms with Crippen LogP contribution in [0.4, 0.5) is 10.5 Å². The number of nitrogens with zero attached hydrogens (tertiary/aromatic N) is 3. The van der Waals surface area contributed by atoms with Crippen LogP contribution in [0.2, 0.25) is 0 Å². The Morgan fingerprint density at radius 1 is 1.31 bits per heavy atom. The maximum atomic E-state index is 12.6. The number of hydrogen-bond donors (Lipinski definition) is 1. The number of likely N-dealkylation sites (tertiary alicyclic amines) is 1. The number of carbonyl (C=O) groups excluding carboxylic acids is 3. The first kappa shape index (κ1) is 20.6. The highest BCUT2D eigenvalue weighted by atomic mass is 32.2. The summed E-state index contributed by atoms with van der Waals surface area (Å²) in [7, 11) is 1.24. The van der Waals surface area contributed by atoms with Crippen molar-refractivity contribution in [1.29, 1.82) is 0 Å². The molecule has 0 atom stereocenters. The number of carbonyl (C=O) groups is 3. The van der Waals surface area contributed by atoms with Gasteiger partial charge in [-0.25, -0.2) is 0 Å². The molecular weight excluding hydrogens is 402 g/mol. The summed E-state index contributed by atoms with van der Waals surface area (Å²) in [6.07, 6.45) is 4.01. The van der Waals surface area contributed by atoms with Crippen LogP contribution < -0.4 is 4.74 Å². The molecule has 2 aliphatic rings. The van der Waals surface area contributed by atoms with Crippen LogP contribution in [0.3, 0.4) is 0 Å². The van der Waals surface area contributed by atoms with Gasteiger partial charge in [-0.3, -0.25) is 29.4 Å². The predicted molar refractivity (Wildman–Crippen MR) is 104 cm³/mol. The Kier molecular flexibility index (Phi) is 6.06. The van der Waals surface area contributed by atoms with Crippen molar-refractivity contribution in [2.45, 2.75) is 19.3 Å². The van der Waals surface area contributed by atoms with Crippen molar-refractivity contribution in [1.82, 2.24) is 9.80 Å². The number of nitro groups is 1. The number of phenolic OH excluding ortho intramolecular Hbond substituents is 1. The first-order valence-electron chi connectivity index (χ1n) is 8.90. The fourth-order valence-corrected chi connectivity index (χ4v) is 3.97. The quantitative estimate of drug-likeness (QED) is 0.436. The lowest BCUT2D eigenvalue weighted by Crippen LogP contribution is -2.44. The third kappa shape index (κ3) is 4.34. The van der Waals surface area contributed by atoms with E-state index in [1.165, 1.54) is 13.2 Å². The van der Waals surface area contributed by atoms with E-state index in [9.17, 15) is 29.6 Å². The first-order valence-corrected chi connectivity index (χ1v) is 9.72. The molecule has 154 valence electrons. The lowest BCUT2D eigenvalue weighted by atomic mass is 10.1. The number of rotatable bonds is 5. The van der Waals surface area contributed by atoms with Crippen LogP contribution in [-0.2, 0) is 9.59 Å². The van der Waals surface area contributed by atoms with E-state index >= 15 is 0 Å². The molecule has 0 unspecified atom stereocenters. The summed E-state index contributed by atoms with van der Waals surface area (Å²) in [5.74, 6) is -1.51. The smallest absolute Gasteiger partial charge is 0.294 e. The Labute approximate surface area is 170 Å². The summed E-state index contributed by atoms with van der Waals surface area (Å²) in [4.78, 5) is 50.1. The second-order valence-corrected chi connectivity index (χ2v) is 7.55. The third-order valence-corrected chi connectivity index (χ3v) is 5.59. The second kappa shape index (κ2) is 8.52. The van der Waals surface area contributed by atoms with Gasteiger partial charge in [0.15, 0.2) is 11.5 Å². The summed E-state index contributed by atoms with van der Waals surface area (Å²) in [5, 5.41) is 20.7. The van der Waals surface area contributed by atoms with Crippen LogP contribution in [0.5, 0.6) is 11.5 Å². The highest BCUT2D eigenvalue weighted by Crippen LogP contribution is 2.39. The third-order valence-electron chi connectivity index (χ3n) is 4.68. The Morgan fingerprint density at radius 3 is 2.62 bits per heavy atom. The molecule has 0 saturated carbocycles. The molecule has 3 rings (SSSR count). The fraction of sp³-hybridized carbons (Fsp3) is 0.389. The van der Waals surface area contributed by atoms with E-state index in [-0.39, 0.29) is 34.4 Å². The molecule has 0 bridgehead atoms. The lowest BCUT2D eigenvalue weighted by Gasteiger charge is -2.27. The highest BCUT2D eigenvalue weighted by molar-refractivity contribution is 8.18. The number of amides is 3. The van der Waals surface area contributed by atoms with Crippen molar-refractivity contribution >= 4 is 40.6 Å². The molecule has 11 heteroatoms. The molecule has 2 saturated heterocycles. The number of ether oxygens (including phenoxy) is 1. The van der Waals surface area contributed by atoms with Gasteiger partial charge in [0.1, 0.15) is 6.54 Å². The van der Waals surface area contributed by atoms with Gasteiger partial charge in [-0.15, -0.1) is 0 Å². The van der Waals surface area contributed by atoms with E-state index in [4.69, 9.17) is 4.74 Å². The molecule has 2 aliphatic heterocycles. The number of imide groups is 1. The lowest BCUT2D eigenvalue weighted by molar-refractivity contribution is -0.385. The monoisotopic (exact) mass is 421 g/mol. The van der Waals surface area contributed by atoms with Crippen molar-refractivity contribution in [2.75, 3.05) is 26.7 Å². The zero-order chi connectivity index (χ0) is 21.1. The zero-order valence-corrected chi connectivity index (χ0v) is 16.4. The minimum Gasteiger partial charge on any atom is -0.504 e. The first-order chi connectivity index (χ1) is 13.8. The van der Waals surface area contributed by atoms with Gasteiger partial charge in [-0.1, -0.05) is 0 Å². The number of phenols is 1. The largest absolute Gasteiger partial charge is 0.504 e. The Bertz CT molecular complexity index is 909. The van der Waals surface area contributed by atoms with Crippen molar-refractivity contribution in [3.63, 3.8) is 0 Å². The van der Waals surface area contributed by atoms with Crippen LogP contribution in [0, 0.1) is 10.1 Å². The molecule has 0 aliphatic carbocycles. The van der Waals surface area contributed by atoms with Crippen molar-refractivity contribution in [2.24, 2.45) is 0 Å². The number of benzene rings is 1. The van der Waals surface area contributed by atoms with E-state index < -0.39 is 21.8 Å². The Morgan fingerprint density at radius 2 is 2.00 bits per heavy atom. The minimum absolute atomic E-state index is 0.0380. The number of hydrogen-bond acceptors (Lipinski definition) is 8. The van der Waals surface area contributed by atoms with Crippen LogP contribution >= 0.6 is 11.8 Å².